The molecule has 1 heterocycles. The van der Waals surface area contributed by atoms with Gasteiger partial charge in [-0.3, -0.25) is 19.7 Å². The molecule has 12 heteroatoms. The van der Waals surface area contributed by atoms with Gasteiger partial charge in [-0.1, -0.05) is 34.1 Å². The number of nitro benzene ring substituents is 1. The third kappa shape index (κ3) is 5.23. The van der Waals surface area contributed by atoms with E-state index in [2.05, 4.69) is 15.9 Å². The van der Waals surface area contributed by atoms with E-state index in [1.807, 2.05) is 0 Å². The lowest BCUT2D eigenvalue weighted by Gasteiger charge is -2.13. The van der Waals surface area contributed by atoms with E-state index < -0.39 is 39.2 Å². The fourth-order valence-electron chi connectivity index (χ4n) is 3.17. The van der Waals surface area contributed by atoms with Crippen molar-refractivity contribution in [1.29, 1.82) is 0 Å². The average molecular weight is 565 g/mol. The molecule has 0 atom stereocenters. The summed E-state index contributed by atoms with van der Waals surface area (Å²) >= 11 is 3.99. The van der Waals surface area contributed by atoms with Crippen LogP contribution in [0.3, 0.4) is 0 Å². The normalized spacial score (nSPS) is 15.1. The zero-order valence-corrected chi connectivity index (χ0v) is 19.7. The highest BCUT2D eigenvalue weighted by Gasteiger charge is 2.37. The Morgan fingerprint density at radius 1 is 1.00 bits per heavy atom. The first-order chi connectivity index (χ1) is 16.5. The first-order valence-electron chi connectivity index (χ1n) is 9.70. The predicted molar refractivity (Wildman–Crippen MR) is 127 cm³/mol. The second-order valence-corrected chi connectivity index (χ2v) is 8.98. The quantitative estimate of drug-likeness (QED) is 0.182. The van der Waals surface area contributed by atoms with Crippen LogP contribution in [0.15, 0.2) is 76.1 Å². The van der Waals surface area contributed by atoms with Gasteiger partial charge in [0.15, 0.2) is 0 Å². The third-order valence-corrected chi connectivity index (χ3v) is 6.13. The molecule has 35 heavy (non-hydrogen) atoms. The molecule has 178 valence electrons. The first kappa shape index (κ1) is 24.5. The highest BCUT2D eigenvalue weighted by Crippen LogP contribution is 2.41. The fraction of sp³-hybridized carbons (Fsp3) is 0.0435. The maximum absolute atomic E-state index is 13.0. The van der Waals surface area contributed by atoms with Gasteiger partial charge in [-0.05, 0) is 60.3 Å². The number of amides is 2. The van der Waals surface area contributed by atoms with Gasteiger partial charge in [0.1, 0.15) is 5.75 Å². The summed E-state index contributed by atoms with van der Waals surface area (Å²) in [5.74, 6) is -0.961. The molecule has 0 unspecified atom stereocenters. The molecule has 1 fully saturated rings. The van der Waals surface area contributed by atoms with Crippen molar-refractivity contribution >= 4 is 56.3 Å². The van der Waals surface area contributed by atoms with Gasteiger partial charge in [-0.15, -0.1) is 0 Å². The highest BCUT2D eigenvalue weighted by molar-refractivity contribution is 9.10. The molecule has 7 nitrogen and oxygen atoms in total. The summed E-state index contributed by atoms with van der Waals surface area (Å²) in [6, 6.07) is 14.8. The molecular weight excluding hydrogens is 553 g/mol. The molecule has 0 bridgehead atoms. The Bertz CT molecular complexity index is 1380. The van der Waals surface area contributed by atoms with Crippen LogP contribution in [0.1, 0.15) is 11.1 Å². The number of halogens is 4. The first-order valence-corrected chi connectivity index (χ1v) is 11.3. The lowest BCUT2D eigenvalue weighted by molar-refractivity contribution is -0.385. The molecular formula is C23H12BrF3N2O5S. The highest BCUT2D eigenvalue weighted by atomic mass is 79.9. The number of thioether (sulfide) groups is 1. The van der Waals surface area contributed by atoms with Crippen molar-refractivity contribution in [3.05, 3.63) is 97.3 Å². The van der Waals surface area contributed by atoms with E-state index in [0.717, 1.165) is 11.0 Å². The van der Waals surface area contributed by atoms with Gasteiger partial charge in [0.25, 0.3) is 11.1 Å². The number of benzene rings is 3. The summed E-state index contributed by atoms with van der Waals surface area (Å²) < 4.78 is 45.2. The second-order valence-electron chi connectivity index (χ2n) is 7.07. The number of carbonyl (C=O) groups is 2. The summed E-state index contributed by atoms with van der Waals surface area (Å²) in [6.45, 7) is 0. The predicted octanol–water partition coefficient (Wildman–Crippen LogP) is 7.41. The van der Waals surface area contributed by atoms with E-state index >= 15 is 0 Å². The Labute approximate surface area is 208 Å². The number of ether oxygens (including phenoxy) is 1. The van der Waals surface area contributed by atoms with E-state index in [0.29, 0.717) is 34.1 Å². The number of anilines is 1. The van der Waals surface area contributed by atoms with Crippen LogP contribution in [0.4, 0.5) is 29.3 Å². The Hall–Kier alpha value is -3.64. The minimum atomic E-state index is -4.77. The van der Waals surface area contributed by atoms with E-state index in [4.69, 9.17) is 4.74 Å². The van der Waals surface area contributed by atoms with Crippen LogP contribution < -0.4 is 9.64 Å². The van der Waals surface area contributed by atoms with Gasteiger partial charge in [0.2, 0.25) is 5.75 Å². The van der Waals surface area contributed by atoms with Crippen molar-refractivity contribution < 1.29 is 32.4 Å². The maximum Gasteiger partial charge on any atom is 0.416 e. The zero-order chi connectivity index (χ0) is 25.3. The molecule has 0 radical (unpaired) electrons. The monoisotopic (exact) mass is 564 g/mol. The molecule has 0 saturated carbocycles. The minimum Gasteiger partial charge on any atom is -0.449 e. The molecule has 4 rings (SSSR count). The van der Waals surface area contributed by atoms with Gasteiger partial charge in [0, 0.05) is 16.1 Å². The number of para-hydroxylation sites is 1. The maximum atomic E-state index is 13.0. The zero-order valence-electron chi connectivity index (χ0n) is 17.3. The van der Waals surface area contributed by atoms with Gasteiger partial charge < -0.3 is 4.74 Å². The number of hydrogen-bond acceptors (Lipinski definition) is 6. The lowest BCUT2D eigenvalue weighted by Crippen LogP contribution is -2.27. The van der Waals surface area contributed by atoms with E-state index in [-0.39, 0.29) is 16.2 Å². The molecule has 0 N–H and O–H groups in total. The van der Waals surface area contributed by atoms with Gasteiger partial charge in [-0.25, -0.2) is 4.90 Å². The number of nitro groups is 1. The third-order valence-electron chi connectivity index (χ3n) is 4.77. The topological polar surface area (TPSA) is 89.7 Å². The summed E-state index contributed by atoms with van der Waals surface area (Å²) in [5, 5.41) is 10.9. The van der Waals surface area contributed by atoms with Crippen molar-refractivity contribution in [3.8, 4) is 11.5 Å². The molecule has 3 aromatic carbocycles. The van der Waals surface area contributed by atoms with Crippen LogP contribution in [0.25, 0.3) is 6.08 Å². The Kier molecular flexibility index (Phi) is 6.68. The lowest BCUT2D eigenvalue weighted by atomic mass is 10.1. The van der Waals surface area contributed by atoms with Crippen molar-refractivity contribution in [2.75, 3.05) is 4.90 Å². The average Bonchev–Trinajstić information content (AvgIpc) is 3.08. The fourth-order valence-corrected chi connectivity index (χ4v) is 4.39. The van der Waals surface area contributed by atoms with Crippen LogP contribution >= 0.6 is 27.7 Å². The number of nitrogens with zero attached hydrogens (tertiary/aromatic N) is 2. The molecule has 1 aliphatic rings. The van der Waals surface area contributed by atoms with Crippen LogP contribution in [0.2, 0.25) is 0 Å². The number of rotatable bonds is 5. The number of alkyl halides is 3. The Morgan fingerprint density at radius 2 is 1.69 bits per heavy atom. The van der Waals surface area contributed by atoms with Crippen molar-refractivity contribution in [2.24, 2.45) is 0 Å². The summed E-state index contributed by atoms with van der Waals surface area (Å²) in [4.78, 5) is 36.9. The minimum absolute atomic E-state index is 0.0302. The van der Waals surface area contributed by atoms with Crippen molar-refractivity contribution in [1.82, 2.24) is 0 Å². The molecule has 2 amide bonds. The van der Waals surface area contributed by atoms with Gasteiger partial charge in [0.05, 0.1) is 21.1 Å². The van der Waals surface area contributed by atoms with Crippen LogP contribution in [-0.4, -0.2) is 16.1 Å². The Balaban J connectivity index is 1.71. The molecule has 0 spiro atoms. The van der Waals surface area contributed by atoms with Gasteiger partial charge in [-0.2, -0.15) is 13.2 Å². The largest absolute Gasteiger partial charge is 0.449 e. The molecule has 0 aliphatic carbocycles. The smallest absolute Gasteiger partial charge is 0.416 e. The number of carbonyl (C=O) groups excluding carboxylic acids is 2. The van der Waals surface area contributed by atoms with Crippen LogP contribution in [0.5, 0.6) is 11.5 Å². The molecule has 1 aliphatic heterocycles. The van der Waals surface area contributed by atoms with Crippen LogP contribution in [-0.2, 0) is 11.0 Å². The standard InChI is InChI=1S/C23H12BrF3N2O5S/c24-15-7-9-18(34-19-8-6-14(23(25,26)27)12-17(19)29(32)33)13(10-15)11-20-21(30)28(22(31)35-20)16-4-2-1-3-5-16/h1-12H/b20-11-. The SMILES string of the molecule is O=C1S/C(=C\c2cc(Br)ccc2Oc2ccc(C(F)(F)F)cc2[N+](=O)[O-])C(=O)N1c1ccccc1. The summed E-state index contributed by atoms with van der Waals surface area (Å²) in [7, 11) is 0. The number of imide groups is 1. The van der Waals surface area contributed by atoms with Gasteiger partial charge >= 0.3 is 11.9 Å². The van der Waals surface area contributed by atoms with E-state index in [1.54, 1.807) is 42.5 Å². The molecule has 0 aromatic heterocycles. The van der Waals surface area contributed by atoms with E-state index in [1.165, 1.54) is 12.1 Å². The summed E-state index contributed by atoms with van der Waals surface area (Å²) in [5.41, 5.74) is -1.41. The number of hydrogen-bond donors (Lipinski definition) is 0. The Morgan fingerprint density at radius 3 is 2.34 bits per heavy atom. The summed E-state index contributed by atoms with van der Waals surface area (Å²) in [6.07, 6.45) is -3.39. The molecule has 1 saturated heterocycles. The van der Waals surface area contributed by atoms with Crippen molar-refractivity contribution in [2.45, 2.75) is 6.18 Å². The van der Waals surface area contributed by atoms with Crippen molar-refractivity contribution in [3.63, 3.8) is 0 Å². The van der Waals surface area contributed by atoms with E-state index in [9.17, 15) is 32.9 Å². The molecule has 3 aromatic rings. The second kappa shape index (κ2) is 9.55. The van der Waals surface area contributed by atoms with Crippen LogP contribution in [0, 0.1) is 10.1 Å².